The van der Waals surface area contributed by atoms with E-state index in [1.807, 2.05) is 12.1 Å². The van der Waals surface area contributed by atoms with Crippen molar-refractivity contribution in [2.45, 2.75) is 19.3 Å². The summed E-state index contributed by atoms with van der Waals surface area (Å²) >= 11 is 12.0. The smallest absolute Gasteiger partial charge is 0.0595 e. The molecule has 3 heteroatoms. The number of rotatable bonds is 1. The summed E-state index contributed by atoms with van der Waals surface area (Å²) in [6.07, 6.45) is 1.19. The topological polar surface area (TPSA) is 12.0 Å². The third-order valence-electron chi connectivity index (χ3n) is 2.81. The van der Waals surface area contributed by atoms with E-state index < -0.39 is 0 Å². The van der Waals surface area contributed by atoms with Crippen molar-refractivity contribution in [2.24, 2.45) is 0 Å². The van der Waals surface area contributed by atoms with E-state index in [2.05, 4.69) is 12.2 Å². The maximum atomic E-state index is 6.01. The number of nitrogens with one attached hydrogen (secondary N) is 1. The molecule has 76 valence electrons. The zero-order valence-electron chi connectivity index (χ0n) is 8.11. The molecular weight excluding hydrogens is 217 g/mol. The van der Waals surface area contributed by atoms with Crippen molar-refractivity contribution in [3.05, 3.63) is 33.3 Å². The highest BCUT2D eigenvalue weighted by Crippen LogP contribution is 2.32. The van der Waals surface area contributed by atoms with Crippen molar-refractivity contribution in [2.75, 3.05) is 13.1 Å². The van der Waals surface area contributed by atoms with Crippen LogP contribution in [0.4, 0.5) is 0 Å². The Bertz CT molecular complexity index is 343. The van der Waals surface area contributed by atoms with Gasteiger partial charge in [0.1, 0.15) is 0 Å². The van der Waals surface area contributed by atoms with Gasteiger partial charge in [0.2, 0.25) is 0 Å². The van der Waals surface area contributed by atoms with E-state index in [1.165, 1.54) is 17.5 Å². The summed E-state index contributed by atoms with van der Waals surface area (Å²) in [6.45, 7) is 4.25. The molecular formula is C11H13Cl2N. The van der Waals surface area contributed by atoms with Gasteiger partial charge in [-0.2, -0.15) is 0 Å². The van der Waals surface area contributed by atoms with Crippen molar-refractivity contribution in [3.8, 4) is 0 Å². The zero-order valence-corrected chi connectivity index (χ0v) is 9.62. The fraction of sp³-hybridized carbons (Fsp3) is 0.455. The molecule has 14 heavy (non-hydrogen) atoms. The van der Waals surface area contributed by atoms with Gasteiger partial charge in [-0.15, -0.1) is 0 Å². The van der Waals surface area contributed by atoms with Crippen LogP contribution in [0.5, 0.6) is 0 Å². The summed E-state index contributed by atoms with van der Waals surface area (Å²) in [4.78, 5) is 0. The average Bonchev–Trinajstić information content (AvgIpc) is 2.64. The molecule has 1 aromatic carbocycles. The first-order valence-corrected chi connectivity index (χ1v) is 5.60. The molecule has 1 heterocycles. The predicted molar refractivity (Wildman–Crippen MR) is 61.4 cm³/mol. The first-order chi connectivity index (χ1) is 6.68. The quantitative estimate of drug-likeness (QED) is 0.779. The van der Waals surface area contributed by atoms with Crippen LogP contribution in [0.2, 0.25) is 10.0 Å². The number of halogens is 2. The van der Waals surface area contributed by atoms with Gasteiger partial charge in [0.05, 0.1) is 10.0 Å². The Balaban J connectivity index is 2.37. The van der Waals surface area contributed by atoms with Crippen LogP contribution in [0.25, 0.3) is 0 Å². The number of aryl methyl sites for hydroxylation is 1. The van der Waals surface area contributed by atoms with Gasteiger partial charge in [-0.05, 0) is 49.1 Å². The lowest BCUT2D eigenvalue weighted by Gasteiger charge is -2.13. The normalized spacial score (nSPS) is 21.5. The lowest BCUT2D eigenvalue weighted by atomic mass is 9.94. The number of hydrogen-bond acceptors (Lipinski definition) is 1. The minimum atomic E-state index is 0.602. The fourth-order valence-electron chi connectivity index (χ4n) is 2.02. The van der Waals surface area contributed by atoms with E-state index >= 15 is 0 Å². The van der Waals surface area contributed by atoms with Gasteiger partial charge < -0.3 is 5.32 Å². The van der Waals surface area contributed by atoms with Crippen LogP contribution in [0.3, 0.4) is 0 Å². The maximum absolute atomic E-state index is 6.01. The highest BCUT2D eigenvalue weighted by atomic mass is 35.5. The van der Waals surface area contributed by atoms with Crippen LogP contribution in [0, 0.1) is 6.92 Å². The molecule has 1 aliphatic rings. The molecule has 0 saturated carbocycles. The van der Waals surface area contributed by atoms with Gasteiger partial charge in [-0.3, -0.25) is 0 Å². The molecule has 1 fully saturated rings. The zero-order chi connectivity index (χ0) is 10.1. The van der Waals surface area contributed by atoms with Crippen LogP contribution in [0.1, 0.15) is 23.5 Å². The van der Waals surface area contributed by atoms with Gasteiger partial charge in [-0.1, -0.05) is 23.2 Å². The molecule has 0 amide bonds. The largest absolute Gasteiger partial charge is 0.316 e. The van der Waals surface area contributed by atoms with Gasteiger partial charge >= 0.3 is 0 Å². The second-order valence-corrected chi connectivity index (χ2v) is 4.63. The van der Waals surface area contributed by atoms with Gasteiger partial charge in [0.15, 0.2) is 0 Å². The first kappa shape index (κ1) is 10.3. The fourth-order valence-corrected chi connectivity index (χ4v) is 2.41. The van der Waals surface area contributed by atoms with Gasteiger partial charge in [-0.25, -0.2) is 0 Å². The number of hydrogen-bond donors (Lipinski definition) is 1. The Hall–Kier alpha value is -0.240. The molecule has 0 aromatic heterocycles. The average molecular weight is 230 g/mol. The van der Waals surface area contributed by atoms with Crippen molar-refractivity contribution in [3.63, 3.8) is 0 Å². The molecule has 1 unspecified atom stereocenters. The molecule has 0 radical (unpaired) electrons. The molecule has 1 aliphatic heterocycles. The molecule has 0 spiro atoms. The molecule has 2 rings (SSSR count). The SMILES string of the molecule is Cc1cc(Cl)c(Cl)cc1C1CCNC1. The second-order valence-electron chi connectivity index (χ2n) is 3.81. The van der Waals surface area contributed by atoms with Crippen molar-refractivity contribution < 1.29 is 0 Å². The second kappa shape index (κ2) is 4.09. The Morgan fingerprint density at radius 3 is 2.64 bits per heavy atom. The maximum Gasteiger partial charge on any atom is 0.0595 e. The van der Waals surface area contributed by atoms with Gasteiger partial charge in [0.25, 0.3) is 0 Å². The Labute approximate surface area is 94.4 Å². The lowest BCUT2D eigenvalue weighted by molar-refractivity contribution is 0.757. The summed E-state index contributed by atoms with van der Waals surface area (Å²) < 4.78 is 0. The summed E-state index contributed by atoms with van der Waals surface area (Å²) in [5, 5.41) is 4.67. The van der Waals surface area contributed by atoms with E-state index in [0.29, 0.717) is 16.0 Å². The van der Waals surface area contributed by atoms with Crippen LogP contribution < -0.4 is 5.32 Å². The Kier molecular flexibility index (Phi) is 3.01. The summed E-state index contributed by atoms with van der Waals surface area (Å²) in [5.74, 6) is 0.602. The van der Waals surface area contributed by atoms with E-state index in [9.17, 15) is 0 Å². The molecule has 1 aromatic rings. The van der Waals surface area contributed by atoms with Crippen molar-refractivity contribution >= 4 is 23.2 Å². The molecule has 0 aliphatic carbocycles. The van der Waals surface area contributed by atoms with E-state index in [1.54, 1.807) is 0 Å². The third-order valence-corrected chi connectivity index (χ3v) is 3.53. The Morgan fingerprint density at radius 2 is 2.00 bits per heavy atom. The minimum absolute atomic E-state index is 0.602. The molecule has 1 atom stereocenters. The molecule has 1 N–H and O–H groups in total. The van der Waals surface area contributed by atoms with E-state index in [0.717, 1.165) is 13.1 Å². The predicted octanol–water partition coefficient (Wildman–Crippen LogP) is 3.38. The van der Waals surface area contributed by atoms with Gasteiger partial charge in [0, 0.05) is 6.54 Å². The summed E-state index contributed by atoms with van der Waals surface area (Å²) in [7, 11) is 0. The first-order valence-electron chi connectivity index (χ1n) is 4.84. The van der Waals surface area contributed by atoms with Crippen LogP contribution >= 0.6 is 23.2 Å². The van der Waals surface area contributed by atoms with Crippen LogP contribution in [-0.4, -0.2) is 13.1 Å². The lowest BCUT2D eigenvalue weighted by Crippen LogP contribution is -2.08. The van der Waals surface area contributed by atoms with Crippen LogP contribution in [0.15, 0.2) is 12.1 Å². The van der Waals surface area contributed by atoms with E-state index in [4.69, 9.17) is 23.2 Å². The van der Waals surface area contributed by atoms with Crippen molar-refractivity contribution in [1.82, 2.24) is 5.32 Å². The monoisotopic (exact) mass is 229 g/mol. The standard InChI is InChI=1S/C11H13Cl2N/c1-7-4-10(12)11(13)5-9(7)8-2-3-14-6-8/h4-5,8,14H,2-3,6H2,1H3. The highest BCUT2D eigenvalue weighted by molar-refractivity contribution is 6.42. The third kappa shape index (κ3) is 1.90. The Morgan fingerprint density at radius 1 is 1.29 bits per heavy atom. The van der Waals surface area contributed by atoms with Crippen LogP contribution in [-0.2, 0) is 0 Å². The highest BCUT2D eigenvalue weighted by Gasteiger charge is 2.19. The summed E-state index contributed by atoms with van der Waals surface area (Å²) in [6, 6.07) is 3.97. The summed E-state index contributed by atoms with van der Waals surface area (Å²) in [5.41, 5.74) is 2.58. The minimum Gasteiger partial charge on any atom is -0.316 e. The van der Waals surface area contributed by atoms with Crippen molar-refractivity contribution in [1.29, 1.82) is 0 Å². The van der Waals surface area contributed by atoms with E-state index in [-0.39, 0.29) is 0 Å². The molecule has 1 saturated heterocycles. The number of benzene rings is 1. The molecule has 1 nitrogen and oxygen atoms in total. The molecule has 0 bridgehead atoms.